The van der Waals surface area contributed by atoms with Crippen LogP contribution in [0.1, 0.15) is 42.6 Å². The van der Waals surface area contributed by atoms with Crippen LogP contribution in [0.5, 0.6) is 0 Å². The number of pyridine rings is 1. The van der Waals surface area contributed by atoms with Crippen LogP contribution in [0.3, 0.4) is 0 Å². The van der Waals surface area contributed by atoms with Crippen LogP contribution in [0.2, 0.25) is 0 Å². The van der Waals surface area contributed by atoms with E-state index in [2.05, 4.69) is 18.0 Å². The average Bonchev–Trinajstić information content (AvgIpc) is 2.48. The SMILES string of the molecule is Cc1ccc2c(n1)CC(C(=O)CO)CCC2C. The third-order valence-corrected chi connectivity index (χ3v) is 3.68. The van der Waals surface area contributed by atoms with Crippen molar-refractivity contribution in [1.82, 2.24) is 4.98 Å². The molecule has 2 atom stereocenters. The second-order valence-electron chi connectivity index (χ2n) is 4.99. The van der Waals surface area contributed by atoms with Gasteiger partial charge in [-0.15, -0.1) is 0 Å². The summed E-state index contributed by atoms with van der Waals surface area (Å²) in [4.78, 5) is 16.2. The summed E-state index contributed by atoms with van der Waals surface area (Å²) in [6.45, 7) is 3.81. The number of aliphatic hydroxyl groups excluding tert-OH is 1. The Kier molecular flexibility index (Phi) is 3.57. The molecule has 92 valence electrons. The van der Waals surface area contributed by atoms with Gasteiger partial charge in [-0.25, -0.2) is 0 Å². The second-order valence-corrected chi connectivity index (χ2v) is 4.99. The van der Waals surface area contributed by atoms with Crippen molar-refractivity contribution in [2.75, 3.05) is 6.61 Å². The van der Waals surface area contributed by atoms with Crippen molar-refractivity contribution in [1.29, 1.82) is 0 Å². The van der Waals surface area contributed by atoms with Crippen LogP contribution in [-0.2, 0) is 11.2 Å². The van der Waals surface area contributed by atoms with E-state index in [1.54, 1.807) is 0 Å². The van der Waals surface area contributed by atoms with Crippen molar-refractivity contribution in [2.24, 2.45) is 5.92 Å². The van der Waals surface area contributed by atoms with Crippen LogP contribution >= 0.6 is 0 Å². The molecular weight excluding hydrogens is 214 g/mol. The van der Waals surface area contributed by atoms with E-state index in [1.807, 2.05) is 13.0 Å². The third-order valence-electron chi connectivity index (χ3n) is 3.68. The topological polar surface area (TPSA) is 50.2 Å². The predicted molar refractivity (Wildman–Crippen MR) is 65.9 cm³/mol. The van der Waals surface area contributed by atoms with Crippen LogP contribution in [0, 0.1) is 12.8 Å². The fourth-order valence-electron chi connectivity index (χ4n) is 2.58. The number of aromatic nitrogens is 1. The summed E-state index contributed by atoms with van der Waals surface area (Å²) in [5, 5.41) is 8.98. The van der Waals surface area contributed by atoms with Gasteiger partial charge < -0.3 is 5.11 Å². The first-order chi connectivity index (χ1) is 8.11. The molecule has 0 saturated heterocycles. The van der Waals surface area contributed by atoms with E-state index in [4.69, 9.17) is 5.11 Å². The number of ketones is 1. The van der Waals surface area contributed by atoms with Gasteiger partial charge in [-0.2, -0.15) is 0 Å². The summed E-state index contributed by atoms with van der Waals surface area (Å²) in [7, 11) is 0. The lowest BCUT2D eigenvalue weighted by Crippen LogP contribution is -2.20. The molecule has 1 aliphatic carbocycles. The number of Topliss-reactive ketones (excluding diaryl/α,β-unsaturated/α-hetero) is 1. The van der Waals surface area contributed by atoms with Gasteiger partial charge in [-0.1, -0.05) is 13.0 Å². The minimum absolute atomic E-state index is 0.0478. The van der Waals surface area contributed by atoms with Crippen LogP contribution in [0.25, 0.3) is 0 Å². The molecule has 3 nitrogen and oxygen atoms in total. The lowest BCUT2D eigenvalue weighted by atomic mass is 9.94. The first-order valence-corrected chi connectivity index (χ1v) is 6.21. The van der Waals surface area contributed by atoms with Gasteiger partial charge in [0.2, 0.25) is 0 Å². The highest BCUT2D eigenvalue weighted by molar-refractivity contribution is 5.82. The molecule has 0 radical (unpaired) electrons. The summed E-state index contributed by atoms with van der Waals surface area (Å²) in [6, 6.07) is 4.16. The Hall–Kier alpha value is -1.22. The van der Waals surface area contributed by atoms with E-state index in [1.165, 1.54) is 5.56 Å². The fraction of sp³-hybridized carbons (Fsp3) is 0.571. The Balaban J connectivity index is 2.33. The van der Waals surface area contributed by atoms with Crippen LogP contribution < -0.4 is 0 Å². The quantitative estimate of drug-likeness (QED) is 0.795. The number of fused-ring (bicyclic) bond motifs is 1. The number of carbonyl (C=O) groups excluding carboxylic acids is 1. The molecule has 0 bridgehead atoms. The lowest BCUT2D eigenvalue weighted by molar-refractivity contribution is -0.125. The van der Waals surface area contributed by atoms with Crippen molar-refractivity contribution >= 4 is 5.78 Å². The molecule has 1 N–H and O–H groups in total. The van der Waals surface area contributed by atoms with E-state index >= 15 is 0 Å². The Morgan fingerprint density at radius 1 is 1.47 bits per heavy atom. The lowest BCUT2D eigenvalue weighted by Gasteiger charge is -2.12. The molecule has 0 fully saturated rings. The molecule has 0 amide bonds. The number of aryl methyl sites for hydroxylation is 1. The van der Waals surface area contributed by atoms with Crippen molar-refractivity contribution in [3.05, 3.63) is 29.1 Å². The molecule has 2 unspecified atom stereocenters. The second kappa shape index (κ2) is 4.96. The van der Waals surface area contributed by atoms with Gasteiger partial charge in [0.1, 0.15) is 6.61 Å². The monoisotopic (exact) mass is 233 g/mol. The highest BCUT2D eigenvalue weighted by atomic mass is 16.3. The maximum Gasteiger partial charge on any atom is 0.161 e. The summed E-state index contributed by atoms with van der Waals surface area (Å²) in [5.74, 6) is 0.348. The third kappa shape index (κ3) is 2.55. The molecule has 1 aromatic heterocycles. The molecule has 0 spiro atoms. The Morgan fingerprint density at radius 3 is 2.94 bits per heavy atom. The molecule has 3 heteroatoms. The molecule has 1 aromatic rings. The molecule has 17 heavy (non-hydrogen) atoms. The highest BCUT2D eigenvalue weighted by Crippen LogP contribution is 2.32. The fourth-order valence-corrected chi connectivity index (χ4v) is 2.58. The average molecular weight is 233 g/mol. The van der Waals surface area contributed by atoms with Crippen LogP contribution in [0.15, 0.2) is 12.1 Å². The molecule has 2 rings (SSSR count). The maximum absolute atomic E-state index is 11.6. The number of aliphatic hydroxyl groups is 1. The van der Waals surface area contributed by atoms with Gasteiger partial charge in [-0.05, 0) is 43.7 Å². The molecular formula is C14H19NO2. The van der Waals surface area contributed by atoms with Gasteiger partial charge in [-0.3, -0.25) is 9.78 Å². The summed E-state index contributed by atoms with van der Waals surface area (Å²) < 4.78 is 0. The van der Waals surface area contributed by atoms with Crippen molar-refractivity contribution in [2.45, 2.75) is 39.0 Å². The van der Waals surface area contributed by atoms with E-state index in [0.717, 1.165) is 24.2 Å². The smallest absolute Gasteiger partial charge is 0.161 e. The van der Waals surface area contributed by atoms with Crippen LogP contribution in [0.4, 0.5) is 0 Å². The van der Waals surface area contributed by atoms with Crippen molar-refractivity contribution in [3.63, 3.8) is 0 Å². The number of rotatable bonds is 2. The molecule has 0 aromatic carbocycles. The van der Waals surface area contributed by atoms with E-state index in [9.17, 15) is 4.79 Å². The van der Waals surface area contributed by atoms with E-state index < -0.39 is 0 Å². The zero-order chi connectivity index (χ0) is 12.4. The van der Waals surface area contributed by atoms with Gasteiger partial charge in [0.05, 0.1) is 0 Å². The number of hydrogen-bond acceptors (Lipinski definition) is 3. The molecule has 1 heterocycles. The zero-order valence-corrected chi connectivity index (χ0v) is 10.4. The van der Waals surface area contributed by atoms with Gasteiger partial charge in [0.25, 0.3) is 0 Å². The minimum Gasteiger partial charge on any atom is -0.389 e. The highest BCUT2D eigenvalue weighted by Gasteiger charge is 2.26. The molecule has 0 aliphatic heterocycles. The Bertz CT molecular complexity index is 428. The van der Waals surface area contributed by atoms with Crippen molar-refractivity contribution < 1.29 is 9.90 Å². The first kappa shape index (κ1) is 12.2. The predicted octanol–water partition coefficient (Wildman–Crippen LogP) is 2.01. The van der Waals surface area contributed by atoms with Crippen LogP contribution in [-0.4, -0.2) is 22.5 Å². The molecule has 1 aliphatic rings. The van der Waals surface area contributed by atoms with Gasteiger partial charge in [0.15, 0.2) is 5.78 Å². The Labute approximate surface area is 102 Å². The maximum atomic E-state index is 11.6. The normalized spacial score (nSPS) is 23.9. The van der Waals surface area contributed by atoms with Gasteiger partial charge >= 0.3 is 0 Å². The number of nitrogens with zero attached hydrogens (tertiary/aromatic N) is 1. The zero-order valence-electron chi connectivity index (χ0n) is 10.4. The number of carbonyl (C=O) groups is 1. The standard InChI is InChI=1S/C14H19NO2/c1-9-3-5-11(14(17)8-16)7-13-12(9)6-4-10(2)15-13/h4,6,9,11,16H,3,5,7-8H2,1-2H3. The van der Waals surface area contributed by atoms with E-state index in [0.29, 0.717) is 12.3 Å². The first-order valence-electron chi connectivity index (χ1n) is 6.21. The van der Waals surface area contributed by atoms with Gasteiger partial charge in [0, 0.05) is 17.3 Å². The van der Waals surface area contributed by atoms with E-state index in [-0.39, 0.29) is 18.3 Å². The Morgan fingerprint density at radius 2 is 2.24 bits per heavy atom. The summed E-state index contributed by atoms with van der Waals surface area (Å²) in [5.41, 5.74) is 3.30. The minimum atomic E-state index is -0.347. The summed E-state index contributed by atoms with van der Waals surface area (Å²) >= 11 is 0. The van der Waals surface area contributed by atoms with Crippen molar-refractivity contribution in [3.8, 4) is 0 Å². The largest absolute Gasteiger partial charge is 0.389 e. The summed E-state index contributed by atoms with van der Waals surface area (Å²) in [6.07, 6.45) is 2.53. The molecule has 0 saturated carbocycles. The number of hydrogen-bond donors (Lipinski definition) is 1.